The smallest absolute Gasteiger partial charge is 0.137 e. The minimum Gasteiger partial charge on any atom is -0.316 e. The van der Waals surface area contributed by atoms with Gasteiger partial charge in [0.1, 0.15) is 5.82 Å². The zero-order chi connectivity index (χ0) is 8.27. The monoisotopic (exact) mass is 253 g/mol. The molecule has 1 N–H and O–H groups in total. The van der Waals surface area contributed by atoms with Crippen LogP contribution in [0.15, 0.2) is 22.7 Å². The van der Waals surface area contributed by atoms with Gasteiger partial charge in [0.25, 0.3) is 0 Å². The first kappa shape index (κ1) is 11.9. The van der Waals surface area contributed by atoms with Gasteiger partial charge in [-0.1, -0.05) is 12.1 Å². The van der Waals surface area contributed by atoms with Crippen LogP contribution in [-0.2, 0) is 6.54 Å². The molecule has 0 amide bonds. The summed E-state index contributed by atoms with van der Waals surface area (Å²) in [4.78, 5) is 0. The van der Waals surface area contributed by atoms with E-state index in [2.05, 4.69) is 21.2 Å². The van der Waals surface area contributed by atoms with Gasteiger partial charge in [-0.2, -0.15) is 0 Å². The standard InChI is InChI=1S/C8H9BrFN.ClH/c1-11-5-6-3-2-4-7(10)8(6)9;/h2-4,11H,5H2,1H3;1H. The van der Waals surface area contributed by atoms with Crippen LogP contribution in [0.3, 0.4) is 0 Å². The summed E-state index contributed by atoms with van der Waals surface area (Å²) in [5, 5.41) is 2.96. The highest BCUT2D eigenvalue weighted by Gasteiger charge is 2.02. The molecule has 4 heteroatoms. The molecule has 0 unspecified atom stereocenters. The zero-order valence-corrected chi connectivity index (χ0v) is 9.01. The van der Waals surface area contributed by atoms with Crippen molar-refractivity contribution in [1.82, 2.24) is 5.32 Å². The fourth-order valence-corrected chi connectivity index (χ4v) is 1.28. The number of rotatable bonds is 2. The molecule has 0 spiro atoms. The van der Waals surface area contributed by atoms with Gasteiger partial charge < -0.3 is 5.32 Å². The maximum atomic E-state index is 12.8. The topological polar surface area (TPSA) is 12.0 Å². The van der Waals surface area contributed by atoms with E-state index in [0.29, 0.717) is 11.0 Å². The molecule has 0 atom stereocenters. The molecular formula is C8H10BrClFN. The van der Waals surface area contributed by atoms with E-state index in [1.54, 1.807) is 6.07 Å². The van der Waals surface area contributed by atoms with Gasteiger partial charge in [-0.05, 0) is 34.6 Å². The third kappa shape index (κ3) is 2.73. The Bertz CT molecular complexity index is 255. The first-order valence-corrected chi connectivity index (χ1v) is 4.12. The Morgan fingerprint density at radius 1 is 1.50 bits per heavy atom. The summed E-state index contributed by atoms with van der Waals surface area (Å²) < 4.78 is 13.4. The molecule has 0 aliphatic heterocycles. The summed E-state index contributed by atoms with van der Waals surface area (Å²) >= 11 is 3.17. The second kappa shape index (κ2) is 5.51. The van der Waals surface area contributed by atoms with Crippen LogP contribution in [0.25, 0.3) is 0 Å². The first-order valence-electron chi connectivity index (χ1n) is 3.33. The maximum absolute atomic E-state index is 12.8. The van der Waals surface area contributed by atoms with Crippen LogP contribution < -0.4 is 5.32 Å². The molecule has 0 bridgehead atoms. The highest BCUT2D eigenvalue weighted by Crippen LogP contribution is 2.19. The van der Waals surface area contributed by atoms with E-state index in [4.69, 9.17) is 0 Å². The van der Waals surface area contributed by atoms with Crippen molar-refractivity contribution in [3.63, 3.8) is 0 Å². The predicted octanol–water partition coefficient (Wildman–Crippen LogP) is 2.73. The lowest BCUT2D eigenvalue weighted by Crippen LogP contribution is -2.05. The van der Waals surface area contributed by atoms with Crippen molar-refractivity contribution in [2.75, 3.05) is 7.05 Å². The number of nitrogens with one attached hydrogen (secondary N) is 1. The van der Waals surface area contributed by atoms with Crippen molar-refractivity contribution in [1.29, 1.82) is 0 Å². The van der Waals surface area contributed by atoms with Crippen molar-refractivity contribution in [2.24, 2.45) is 0 Å². The van der Waals surface area contributed by atoms with Gasteiger partial charge >= 0.3 is 0 Å². The van der Waals surface area contributed by atoms with Crippen molar-refractivity contribution in [3.8, 4) is 0 Å². The van der Waals surface area contributed by atoms with Crippen LogP contribution in [0.1, 0.15) is 5.56 Å². The zero-order valence-electron chi connectivity index (χ0n) is 6.60. The minimum atomic E-state index is -0.210. The van der Waals surface area contributed by atoms with Crippen LogP contribution in [0.2, 0.25) is 0 Å². The van der Waals surface area contributed by atoms with Crippen LogP contribution in [0, 0.1) is 5.82 Å². The van der Waals surface area contributed by atoms with Crippen LogP contribution in [-0.4, -0.2) is 7.05 Å². The molecule has 0 fully saturated rings. The molecule has 0 radical (unpaired) electrons. The Balaban J connectivity index is 0.00000121. The lowest BCUT2D eigenvalue weighted by molar-refractivity contribution is 0.616. The van der Waals surface area contributed by atoms with E-state index >= 15 is 0 Å². The largest absolute Gasteiger partial charge is 0.316 e. The number of halogens is 3. The molecular weight excluding hydrogens is 244 g/mol. The van der Waals surface area contributed by atoms with Gasteiger partial charge in [-0.15, -0.1) is 12.4 Å². The number of hydrogen-bond acceptors (Lipinski definition) is 1. The molecule has 1 aromatic rings. The van der Waals surface area contributed by atoms with E-state index in [9.17, 15) is 4.39 Å². The average Bonchev–Trinajstić information content (AvgIpc) is 1.99. The maximum Gasteiger partial charge on any atom is 0.137 e. The Morgan fingerprint density at radius 3 is 2.75 bits per heavy atom. The summed E-state index contributed by atoms with van der Waals surface area (Å²) in [6, 6.07) is 5.01. The molecule has 0 aromatic heterocycles. The van der Waals surface area contributed by atoms with Gasteiger partial charge in [0.2, 0.25) is 0 Å². The van der Waals surface area contributed by atoms with Crippen LogP contribution >= 0.6 is 28.3 Å². The van der Waals surface area contributed by atoms with Gasteiger partial charge in [0.05, 0.1) is 4.47 Å². The van der Waals surface area contributed by atoms with Gasteiger partial charge in [-0.25, -0.2) is 4.39 Å². The highest BCUT2D eigenvalue weighted by molar-refractivity contribution is 9.10. The lowest BCUT2D eigenvalue weighted by atomic mass is 10.2. The quantitative estimate of drug-likeness (QED) is 0.856. The van der Waals surface area contributed by atoms with Crippen LogP contribution in [0.5, 0.6) is 0 Å². The van der Waals surface area contributed by atoms with E-state index in [-0.39, 0.29) is 18.2 Å². The fourth-order valence-electron chi connectivity index (χ4n) is 0.875. The minimum absolute atomic E-state index is 0. The fraction of sp³-hybridized carbons (Fsp3) is 0.250. The number of benzene rings is 1. The Morgan fingerprint density at radius 2 is 2.17 bits per heavy atom. The Hall–Kier alpha value is -0.120. The van der Waals surface area contributed by atoms with Crippen LogP contribution in [0.4, 0.5) is 4.39 Å². The lowest BCUT2D eigenvalue weighted by Gasteiger charge is -2.02. The molecule has 1 rings (SSSR count). The summed E-state index contributed by atoms with van der Waals surface area (Å²) in [7, 11) is 1.83. The van der Waals surface area contributed by atoms with Crippen molar-refractivity contribution in [3.05, 3.63) is 34.1 Å². The normalized spacial score (nSPS) is 9.25. The molecule has 0 aliphatic rings. The third-order valence-corrected chi connectivity index (χ3v) is 2.29. The molecule has 0 saturated carbocycles. The van der Waals surface area contributed by atoms with E-state index in [0.717, 1.165) is 5.56 Å². The van der Waals surface area contributed by atoms with Gasteiger partial charge in [-0.3, -0.25) is 0 Å². The van der Waals surface area contributed by atoms with Crippen molar-refractivity contribution >= 4 is 28.3 Å². The van der Waals surface area contributed by atoms with E-state index in [1.165, 1.54) is 6.07 Å². The first-order chi connectivity index (χ1) is 5.25. The number of hydrogen-bond donors (Lipinski definition) is 1. The highest BCUT2D eigenvalue weighted by atomic mass is 79.9. The Labute approximate surface area is 85.9 Å². The summed E-state index contributed by atoms with van der Waals surface area (Å²) in [5.41, 5.74) is 0.938. The summed E-state index contributed by atoms with van der Waals surface area (Å²) in [5.74, 6) is -0.210. The molecule has 0 aliphatic carbocycles. The molecule has 0 saturated heterocycles. The van der Waals surface area contributed by atoms with Crippen molar-refractivity contribution < 1.29 is 4.39 Å². The summed E-state index contributed by atoms with van der Waals surface area (Å²) in [6.45, 7) is 0.679. The molecule has 0 heterocycles. The molecule has 1 nitrogen and oxygen atoms in total. The second-order valence-corrected chi connectivity index (χ2v) is 3.04. The third-order valence-electron chi connectivity index (χ3n) is 1.40. The SMILES string of the molecule is CNCc1cccc(F)c1Br.Cl. The average molecular weight is 255 g/mol. The predicted molar refractivity (Wildman–Crippen MR) is 54.1 cm³/mol. The van der Waals surface area contributed by atoms with E-state index in [1.807, 2.05) is 13.1 Å². The van der Waals surface area contributed by atoms with Gasteiger partial charge in [0, 0.05) is 6.54 Å². The molecule has 12 heavy (non-hydrogen) atoms. The summed E-state index contributed by atoms with van der Waals surface area (Å²) in [6.07, 6.45) is 0. The second-order valence-electron chi connectivity index (χ2n) is 2.24. The molecule has 1 aromatic carbocycles. The molecule has 68 valence electrons. The van der Waals surface area contributed by atoms with E-state index < -0.39 is 0 Å². The van der Waals surface area contributed by atoms with Crippen molar-refractivity contribution in [2.45, 2.75) is 6.54 Å². The van der Waals surface area contributed by atoms with Gasteiger partial charge in [0.15, 0.2) is 0 Å². The Kier molecular flexibility index (Phi) is 5.46.